The quantitative estimate of drug-likeness (QED) is 0.651. The van der Waals surface area contributed by atoms with Gasteiger partial charge in [-0.3, -0.25) is 0 Å². The lowest BCUT2D eigenvalue weighted by Gasteiger charge is -2.11. The van der Waals surface area contributed by atoms with Crippen LogP contribution in [0, 0.1) is 19.3 Å². The number of carboxylic acid groups (broad SMARTS) is 1. The van der Waals surface area contributed by atoms with E-state index in [2.05, 4.69) is 21.5 Å². The molecule has 1 unspecified atom stereocenters. The monoisotopic (exact) mass is 251 g/mol. The number of aryl methyl sites for hydroxylation is 1. The second kappa shape index (κ2) is 6.30. The maximum absolute atomic E-state index is 11.4. The van der Waals surface area contributed by atoms with Crippen LogP contribution in [0.5, 0.6) is 0 Å². The number of oxazole rings is 1. The summed E-state index contributed by atoms with van der Waals surface area (Å²) < 4.78 is 5.13. The summed E-state index contributed by atoms with van der Waals surface area (Å²) in [5.74, 6) is 1.96. The van der Waals surface area contributed by atoms with Gasteiger partial charge in [0.25, 0.3) is 0 Å². The molecule has 0 saturated heterocycles. The predicted molar refractivity (Wildman–Crippen MR) is 61.5 cm³/mol. The van der Waals surface area contributed by atoms with Gasteiger partial charge >= 0.3 is 12.0 Å². The molecule has 7 nitrogen and oxygen atoms in total. The molecule has 1 atom stereocenters. The highest BCUT2D eigenvalue weighted by atomic mass is 16.4. The Balaban J connectivity index is 2.41. The van der Waals surface area contributed by atoms with Crippen LogP contribution in [0.2, 0.25) is 0 Å². The first-order valence-electron chi connectivity index (χ1n) is 5.15. The highest BCUT2D eigenvalue weighted by molar-refractivity contribution is 5.82. The van der Waals surface area contributed by atoms with Crippen molar-refractivity contribution >= 4 is 12.0 Å². The summed E-state index contributed by atoms with van der Waals surface area (Å²) in [4.78, 5) is 26.0. The van der Waals surface area contributed by atoms with Gasteiger partial charge in [-0.15, -0.1) is 12.3 Å². The van der Waals surface area contributed by atoms with Gasteiger partial charge in [0.2, 0.25) is 5.89 Å². The molecule has 1 rings (SSSR count). The van der Waals surface area contributed by atoms with Crippen LogP contribution in [-0.4, -0.2) is 28.1 Å². The number of nitrogens with one attached hydrogen (secondary N) is 2. The molecule has 0 aliphatic carbocycles. The van der Waals surface area contributed by atoms with Gasteiger partial charge in [0.15, 0.2) is 0 Å². The second-order valence-electron chi connectivity index (χ2n) is 3.49. The van der Waals surface area contributed by atoms with E-state index in [1.165, 1.54) is 6.20 Å². The summed E-state index contributed by atoms with van der Waals surface area (Å²) in [5.41, 5.74) is 0. The standard InChI is InChI=1S/C11H13N3O4/c1-3-4-8(10(15)16)14-11(17)13-6-9-12-5-7(2)18-9/h1,5,8H,4,6H2,2H3,(H,15,16)(H2,13,14,17). The summed E-state index contributed by atoms with van der Waals surface area (Å²) in [6, 6.07) is -1.75. The number of aliphatic carboxylic acids is 1. The third-order valence-corrected chi connectivity index (χ3v) is 1.99. The van der Waals surface area contributed by atoms with Gasteiger partial charge < -0.3 is 20.2 Å². The van der Waals surface area contributed by atoms with E-state index in [-0.39, 0.29) is 13.0 Å². The van der Waals surface area contributed by atoms with Crippen molar-refractivity contribution in [3.05, 3.63) is 17.8 Å². The Morgan fingerprint density at radius 3 is 2.89 bits per heavy atom. The van der Waals surface area contributed by atoms with Crippen molar-refractivity contribution in [1.82, 2.24) is 15.6 Å². The molecule has 1 heterocycles. The molecule has 0 bridgehead atoms. The molecule has 0 aliphatic heterocycles. The normalized spacial score (nSPS) is 11.3. The third-order valence-electron chi connectivity index (χ3n) is 1.99. The maximum Gasteiger partial charge on any atom is 0.327 e. The summed E-state index contributed by atoms with van der Waals surface area (Å²) >= 11 is 0. The number of hydrogen-bond donors (Lipinski definition) is 3. The van der Waals surface area contributed by atoms with Crippen molar-refractivity contribution in [2.75, 3.05) is 0 Å². The smallest absolute Gasteiger partial charge is 0.327 e. The molecule has 0 spiro atoms. The fourth-order valence-electron chi connectivity index (χ4n) is 1.17. The number of terminal acetylenes is 1. The molecule has 1 aromatic rings. The number of carbonyl (C=O) groups excluding carboxylic acids is 1. The highest BCUT2D eigenvalue weighted by Gasteiger charge is 2.18. The lowest BCUT2D eigenvalue weighted by Crippen LogP contribution is -2.45. The lowest BCUT2D eigenvalue weighted by molar-refractivity contribution is -0.139. The van der Waals surface area contributed by atoms with Gasteiger partial charge in [-0.2, -0.15) is 0 Å². The Hall–Kier alpha value is -2.49. The van der Waals surface area contributed by atoms with Gasteiger partial charge in [-0.25, -0.2) is 14.6 Å². The van der Waals surface area contributed by atoms with Crippen LogP contribution in [0.1, 0.15) is 18.1 Å². The molecule has 2 amide bonds. The van der Waals surface area contributed by atoms with Crippen LogP contribution < -0.4 is 10.6 Å². The van der Waals surface area contributed by atoms with E-state index in [0.717, 1.165) is 0 Å². The van der Waals surface area contributed by atoms with Crippen LogP contribution in [0.4, 0.5) is 4.79 Å². The zero-order chi connectivity index (χ0) is 13.5. The first kappa shape index (κ1) is 13.6. The van der Waals surface area contributed by atoms with Crippen molar-refractivity contribution < 1.29 is 19.1 Å². The van der Waals surface area contributed by atoms with E-state index in [1.807, 2.05) is 0 Å². The van der Waals surface area contributed by atoms with Gasteiger partial charge in [0, 0.05) is 6.42 Å². The maximum atomic E-state index is 11.4. The molecule has 0 fully saturated rings. The number of rotatable bonds is 5. The number of aromatic nitrogens is 1. The molecule has 7 heteroatoms. The Labute approximate surface area is 104 Å². The molecule has 3 N–H and O–H groups in total. The molecule has 0 aromatic carbocycles. The second-order valence-corrected chi connectivity index (χ2v) is 3.49. The largest absolute Gasteiger partial charge is 0.480 e. The first-order chi connectivity index (χ1) is 8.52. The van der Waals surface area contributed by atoms with Crippen molar-refractivity contribution in [2.45, 2.75) is 25.9 Å². The molecule has 0 saturated carbocycles. The SMILES string of the molecule is C#CCC(NC(=O)NCc1ncc(C)o1)C(=O)O. The summed E-state index contributed by atoms with van der Waals surface area (Å²) in [6.07, 6.45) is 6.44. The van der Waals surface area contributed by atoms with Crippen molar-refractivity contribution in [3.8, 4) is 12.3 Å². The Kier molecular flexibility index (Phi) is 4.75. The first-order valence-corrected chi connectivity index (χ1v) is 5.15. The third kappa shape index (κ3) is 4.17. The van der Waals surface area contributed by atoms with E-state index in [9.17, 15) is 9.59 Å². The number of hydrogen-bond acceptors (Lipinski definition) is 4. The van der Waals surface area contributed by atoms with E-state index in [4.69, 9.17) is 15.9 Å². The number of amides is 2. The highest BCUT2D eigenvalue weighted by Crippen LogP contribution is 2.00. The topological polar surface area (TPSA) is 104 Å². The molecule has 1 aromatic heterocycles. The summed E-state index contributed by atoms with van der Waals surface area (Å²) in [7, 11) is 0. The van der Waals surface area contributed by atoms with Crippen LogP contribution in [0.15, 0.2) is 10.6 Å². The minimum Gasteiger partial charge on any atom is -0.480 e. The van der Waals surface area contributed by atoms with Crippen LogP contribution in [0.25, 0.3) is 0 Å². The molecule has 18 heavy (non-hydrogen) atoms. The number of carbonyl (C=O) groups is 2. The van der Waals surface area contributed by atoms with Crippen molar-refractivity contribution in [3.63, 3.8) is 0 Å². The molecule has 96 valence electrons. The molecular formula is C11H13N3O4. The van der Waals surface area contributed by atoms with Crippen LogP contribution in [0.3, 0.4) is 0 Å². The Morgan fingerprint density at radius 1 is 1.67 bits per heavy atom. The number of carboxylic acids is 1. The van der Waals surface area contributed by atoms with E-state index < -0.39 is 18.0 Å². The Bertz CT molecular complexity index is 475. The average molecular weight is 251 g/mol. The summed E-state index contributed by atoms with van der Waals surface area (Å²) in [6.45, 7) is 1.80. The van der Waals surface area contributed by atoms with Crippen LogP contribution >= 0.6 is 0 Å². The fraction of sp³-hybridized carbons (Fsp3) is 0.364. The zero-order valence-corrected chi connectivity index (χ0v) is 9.77. The average Bonchev–Trinajstić information content (AvgIpc) is 2.72. The summed E-state index contributed by atoms with van der Waals surface area (Å²) in [5, 5.41) is 13.4. The molecular weight excluding hydrogens is 238 g/mol. The zero-order valence-electron chi connectivity index (χ0n) is 9.77. The van der Waals surface area contributed by atoms with Crippen LogP contribution in [-0.2, 0) is 11.3 Å². The van der Waals surface area contributed by atoms with Crippen molar-refractivity contribution in [2.24, 2.45) is 0 Å². The number of nitrogens with zero attached hydrogens (tertiary/aromatic N) is 1. The minimum atomic E-state index is -1.19. The van der Waals surface area contributed by atoms with Gasteiger partial charge in [0.1, 0.15) is 11.8 Å². The minimum absolute atomic E-state index is 0.0715. The van der Waals surface area contributed by atoms with Gasteiger partial charge in [0.05, 0.1) is 12.7 Å². The molecule has 0 radical (unpaired) electrons. The van der Waals surface area contributed by atoms with E-state index >= 15 is 0 Å². The number of urea groups is 1. The predicted octanol–water partition coefficient (Wildman–Crippen LogP) is 0.259. The molecule has 0 aliphatic rings. The van der Waals surface area contributed by atoms with E-state index in [1.54, 1.807) is 6.92 Å². The van der Waals surface area contributed by atoms with Gasteiger partial charge in [-0.1, -0.05) is 0 Å². The van der Waals surface area contributed by atoms with E-state index in [0.29, 0.717) is 11.7 Å². The Morgan fingerprint density at radius 2 is 2.39 bits per heavy atom. The van der Waals surface area contributed by atoms with Gasteiger partial charge in [-0.05, 0) is 6.92 Å². The lowest BCUT2D eigenvalue weighted by atomic mass is 10.2. The van der Waals surface area contributed by atoms with Crippen molar-refractivity contribution in [1.29, 1.82) is 0 Å². The fourth-order valence-corrected chi connectivity index (χ4v) is 1.17.